The van der Waals surface area contributed by atoms with Crippen LogP contribution in [0.1, 0.15) is 40.0 Å². The molecule has 2 rings (SSSR count). The molecule has 0 aliphatic carbocycles. The highest BCUT2D eigenvalue weighted by atomic mass is 32.2. The third-order valence-corrected chi connectivity index (χ3v) is 7.61. The van der Waals surface area contributed by atoms with Gasteiger partial charge in [0.25, 0.3) is 0 Å². The molecule has 0 radical (unpaired) electrons. The molecule has 0 spiro atoms. The highest BCUT2D eigenvalue weighted by molar-refractivity contribution is 7.92. The van der Waals surface area contributed by atoms with Gasteiger partial charge < -0.3 is 10.2 Å². The molecule has 2 fully saturated rings. The fourth-order valence-electron chi connectivity index (χ4n) is 3.34. The van der Waals surface area contributed by atoms with Crippen LogP contribution < -0.4 is 5.32 Å². The summed E-state index contributed by atoms with van der Waals surface area (Å²) in [5, 5.41) is 3.34. The van der Waals surface area contributed by atoms with Crippen molar-refractivity contribution in [1.29, 1.82) is 0 Å². The van der Waals surface area contributed by atoms with Crippen molar-refractivity contribution in [1.82, 2.24) is 10.2 Å². The fraction of sp³-hybridized carbons (Fsp3) is 0.933. The third-order valence-electron chi connectivity index (χ3n) is 5.08. The van der Waals surface area contributed by atoms with Gasteiger partial charge in [-0.2, -0.15) is 0 Å². The van der Waals surface area contributed by atoms with Crippen LogP contribution in [0.15, 0.2) is 0 Å². The summed E-state index contributed by atoms with van der Waals surface area (Å²) in [6, 6.07) is 0. The molecule has 2 aliphatic heterocycles. The monoisotopic (exact) mass is 316 g/mol. The number of hydrogen-bond acceptors (Lipinski definition) is 4. The minimum atomic E-state index is -3.08. The zero-order valence-corrected chi connectivity index (χ0v) is 14.2. The highest BCUT2D eigenvalue weighted by Gasteiger charge is 2.41. The van der Waals surface area contributed by atoms with Crippen LogP contribution >= 0.6 is 0 Å². The van der Waals surface area contributed by atoms with Gasteiger partial charge in [-0.3, -0.25) is 4.79 Å². The molecule has 0 bridgehead atoms. The Balaban J connectivity index is 1.92. The van der Waals surface area contributed by atoms with Gasteiger partial charge in [0.2, 0.25) is 5.91 Å². The summed E-state index contributed by atoms with van der Waals surface area (Å²) in [5.74, 6) is 1.19. The van der Waals surface area contributed by atoms with Crippen molar-refractivity contribution in [3.05, 3.63) is 0 Å². The molecule has 6 heteroatoms. The maximum atomic E-state index is 12.5. The predicted octanol–water partition coefficient (Wildman–Crippen LogP) is 1.05. The van der Waals surface area contributed by atoms with Crippen LogP contribution in [0.5, 0.6) is 0 Å². The number of carbonyl (C=O) groups is 1. The Morgan fingerprint density at radius 3 is 2.52 bits per heavy atom. The summed E-state index contributed by atoms with van der Waals surface area (Å²) < 4.78 is 23.2. The molecule has 122 valence electrons. The second kappa shape index (κ2) is 6.24. The van der Waals surface area contributed by atoms with Gasteiger partial charge in [0, 0.05) is 19.5 Å². The molecule has 0 aromatic carbocycles. The maximum absolute atomic E-state index is 12.5. The molecular weight excluding hydrogens is 288 g/mol. The smallest absolute Gasteiger partial charge is 0.222 e. The first-order valence-corrected chi connectivity index (χ1v) is 9.59. The number of sulfone groups is 1. The lowest BCUT2D eigenvalue weighted by molar-refractivity contribution is -0.132. The first kappa shape index (κ1) is 16.7. The minimum absolute atomic E-state index is 0.0907. The number of piperidine rings is 1. The van der Waals surface area contributed by atoms with E-state index in [0.29, 0.717) is 31.3 Å². The first-order valence-electron chi connectivity index (χ1n) is 7.94. The summed E-state index contributed by atoms with van der Waals surface area (Å²) >= 11 is 0. The van der Waals surface area contributed by atoms with Crippen molar-refractivity contribution in [3.8, 4) is 0 Å². The summed E-state index contributed by atoms with van der Waals surface area (Å²) in [6.45, 7) is 8.35. The van der Waals surface area contributed by atoms with Crippen molar-refractivity contribution in [3.63, 3.8) is 0 Å². The molecule has 5 nitrogen and oxygen atoms in total. The van der Waals surface area contributed by atoms with Gasteiger partial charge in [0.15, 0.2) is 9.84 Å². The normalized spacial score (nSPS) is 27.3. The third kappa shape index (κ3) is 3.77. The van der Waals surface area contributed by atoms with Crippen molar-refractivity contribution >= 4 is 15.7 Å². The SMILES string of the molecule is CC(CC(=O)N1CCS(=O)(=O)C(C)(C)C1)C1CCNCC1. The van der Waals surface area contributed by atoms with Crippen molar-refractivity contribution in [2.45, 2.75) is 44.8 Å². The molecule has 0 saturated carbocycles. The van der Waals surface area contributed by atoms with Crippen molar-refractivity contribution in [2.75, 3.05) is 31.9 Å². The highest BCUT2D eigenvalue weighted by Crippen LogP contribution is 2.28. The number of nitrogens with one attached hydrogen (secondary N) is 1. The lowest BCUT2D eigenvalue weighted by Crippen LogP contribution is -2.54. The van der Waals surface area contributed by atoms with E-state index >= 15 is 0 Å². The van der Waals surface area contributed by atoms with Crippen LogP contribution in [-0.4, -0.2) is 55.9 Å². The number of carbonyl (C=O) groups excluding carboxylic acids is 1. The van der Waals surface area contributed by atoms with Gasteiger partial charge in [0.1, 0.15) is 0 Å². The van der Waals surface area contributed by atoms with Gasteiger partial charge in [-0.1, -0.05) is 6.92 Å². The molecule has 1 amide bonds. The van der Waals surface area contributed by atoms with Crippen LogP contribution in [0.2, 0.25) is 0 Å². The van der Waals surface area contributed by atoms with E-state index in [1.165, 1.54) is 0 Å². The molecule has 1 atom stereocenters. The Morgan fingerprint density at radius 1 is 1.33 bits per heavy atom. The van der Waals surface area contributed by atoms with Crippen molar-refractivity contribution < 1.29 is 13.2 Å². The molecule has 21 heavy (non-hydrogen) atoms. The summed E-state index contributed by atoms with van der Waals surface area (Å²) in [6.07, 6.45) is 2.81. The molecular formula is C15H28N2O3S. The van der Waals surface area contributed by atoms with Crippen LogP contribution in [0.25, 0.3) is 0 Å². The predicted molar refractivity (Wildman–Crippen MR) is 83.8 cm³/mol. The van der Waals surface area contributed by atoms with Crippen LogP contribution in [0.3, 0.4) is 0 Å². The second-order valence-electron chi connectivity index (χ2n) is 7.16. The van der Waals surface area contributed by atoms with Gasteiger partial charge in [0.05, 0.1) is 10.5 Å². The topological polar surface area (TPSA) is 66.5 Å². The van der Waals surface area contributed by atoms with Crippen molar-refractivity contribution in [2.24, 2.45) is 11.8 Å². The average Bonchev–Trinajstić information content (AvgIpc) is 2.42. The second-order valence-corrected chi connectivity index (χ2v) is 9.91. The zero-order chi connectivity index (χ0) is 15.7. The molecule has 2 heterocycles. The molecule has 1 N–H and O–H groups in total. The number of hydrogen-bond donors (Lipinski definition) is 1. The van der Waals surface area contributed by atoms with E-state index in [4.69, 9.17) is 0 Å². The number of amides is 1. The molecule has 0 aromatic heterocycles. The summed E-state index contributed by atoms with van der Waals surface area (Å²) in [7, 11) is -3.08. The van der Waals surface area contributed by atoms with E-state index in [2.05, 4.69) is 12.2 Å². The first-order chi connectivity index (χ1) is 9.73. The molecule has 1 unspecified atom stereocenters. The van der Waals surface area contributed by atoms with Gasteiger partial charge in [-0.25, -0.2) is 8.42 Å². The molecule has 0 aromatic rings. The van der Waals surface area contributed by atoms with Gasteiger partial charge >= 0.3 is 0 Å². The lowest BCUT2D eigenvalue weighted by Gasteiger charge is -2.38. The van der Waals surface area contributed by atoms with E-state index in [-0.39, 0.29) is 11.7 Å². The van der Waals surface area contributed by atoms with Crippen LogP contribution in [-0.2, 0) is 14.6 Å². The van der Waals surface area contributed by atoms with E-state index in [1.807, 2.05) is 0 Å². The lowest BCUT2D eigenvalue weighted by atomic mass is 9.84. The average molecular weight is 316 g/mol. The summed E-state index contributed by atoms with van der Waals surface area (Å²) in [5.41, 5.74) is 0. The Bertz CT molecular complexity index is 481. The minimum Gasteiger partial charge on any atom is -0.340 e. The Kier molecular flexibility index (Phi) is 4.98. The Hall–Kier alpha value is -0.620. The standard InChI is InChI=1S/C15H28N2O3S/c1-12(13-4-6-16-7-5-13)10-14(18)17-8-9-21(19,20)15(2,3)11-17/h12-13,16H,4-11H2,1-3H3. The largest absolute Gasteiger partial charge is 0.340 e. The Morgan fingerprint density at radius 2 is 1.95 bits per heavy atom. The van der Waals surface area contributed by atoms with E-state index in [1.54, 1.807) is 18.7 Å². The summed E-state index contributed by atoms with van der Waals surface area (Å²) in [4.78, 5) is 14.2. The Labute approximate surface area is 128 Å². The van der Waals surface area contributed by atoms with E-state index in [9.17, 15) is 13.2 Å². The van der Waals surface area contributed by atoms with Gasteiger partial charge in [-0.05, 0) is 51.6 Å². The van der Waals surface area contributed by atoms with Crippen LogP contribution in [0.4, 0.5) is 0 Å². The fourth-order valence-corrected chi connectivity index (χ4v) is 4.71. The quantitative estimate of drug-likeness (QED) is 0.845. The molecule has 2 aliphatic rings. The van der Waals surface area contributed by atoms with E-state index < -0.39 is 14.6 Å². The van der Waals surface area contributed by atoms with E-state index in [0.717, 1.165) is 25.9 Å². The number of nitrogens with zero attached hydrogens (tertiary/aromatic N) is 1. The van der Waals surface area contributed by atoms with Gasteiger partial charge in [-0.15, -0.1) is 0 Å². The molecule has 2 saturated heterocycles. The van der Waals surface area contributed by atoms with Crippen LogP contribution in [0, 0.1) is 11.8 Å². The maximum Gasteiger partial charge on any atom is 0.222 e. The zero-order valence-electron chi connectivity index (χ0n) is 13.4. The number of rotatable bonds is 3.